The van der Waals surface area contributed by atoms with Crippen LogP contribution in [0.4, 0.5) is 5.69 Å². The molecule has 0 bridgehead atoms. The Bertz CT molecular complexity index is 775. The molecule has 0 aliphatic rings. The molecule has 2 aromatic carbocycles. The summed E-state index contributed by atoms with van der Waals surface area (Å²) < 4.78 is 0. The van der Waals surface area contributed by atoms with Gasteiger partial charge in [0.05, 0.1) is 0 Å². The molecule has 0 saturated carbocycles. The van der Waals surface area contributed by atoms with Gasteiger partial charge in [-0.25, -0.2) is 0 Å². The Morgan fingerprint density at radius 2 is 2.00 bits per heavy atom. The molecule has 2 aromatic rings. The first-order chi connectivity index (χ1) is 11.2. The summed E-state index contributed by atoms with van der Waals surface area (Å²) in [4.78, 5) is 12.2. The van der Waals surface area contributed by atoms with E-state index in [2.05, 4.69) is 17.6 Å². The van der Waals surface area contributed by atoms with Crippen molar-refractivity contribution in [3.63, 3.8) is 0 Å². The smallest absolute Gasteiger partial charge is 0.267 e. The molecule has 1 amide bonds. The predicted molar refractivity (Wildman–Crippen MR) is 90.8 cm³/mol. The van der Waals surface area contributed by atoms with Crippen LogP contribution in [0.5, 0.6) is 5.75 Å². The minimum Gasteiger partial charge on any atom is -0.507 e. The number of hydrogen-bond donors (Lipinski definition) is 3. The summed E-state index contributed by atoms with van der Waals surface area (Å²) in [6.45, 7) is 2.79. The second kappa shape index (κ2) is 7.85. The lowest BCUT2D eigenvalue weighted by Gasteiger charge is -2.09. The van der Waals surface area contributed by atoms with Crippen LogP contribution >= 0.6 is 0 Å². The molecule has 0 spiro atoms. The number of nitrogens with zero attached hydrogens (tertiary/aromatic N) is 1. The first-order valence-corrected chi connectivity index (χ1v) is 7.53. The number of phenols is 1. The van der Waals surface area contributed by atoms with E-state index >= 15 is 0 Å². The van der Waals surface area contributed by atoms with Crippen LogP contribution in [0.1, 0.15) is 19.8 Å². The molecule has 0 fully saturated rings. The number of fused-ring (bicyclic) bond motifs is 1. The summed E-state index contributed by atoms with van der Waals surface area (Å²) in [5.74, 6) is -0.330. The zero-order chi connectivity index (χ0) is 16.7. The summed E-state index contributed by atoms with van der Waals surface area (Å²) >= 11 is 0. The normalized spacial score (nSPS) is 11.0. The van der Waals surface area contributed by atoms with E-state index in [1.807, 2.05) is 6.07 Å². The van der Waals surface area contributed by atoms with Crippen LogP contribution in [-0.4, -0.2) is 17.6 Å². The van der Waals surface area contributed by atoms with Gasteiger partial charge in [0.25, 0.3) is 5.91 Å². The molecule has 0 radical (unpaired) electrons. The summed E-state index contributed by atoms with van der Waals surface area (Å²) in [6.07, 6.45) is 3.45. The number of carbonyl (C=O) groups excluding carboxylic acids is 1. The second-order valence-corrected chi connectivity index (χ2v) is 5.11. The topological polar surface area (TPSA) is 85.2 Å². The molecule has 3 N–H and O–H groups in total. The van der Waals surface area contributed by atoms with Gasteiger partial charge in [0, 0.05) is 29.2 Å². The van der Waals surface area contributed by atoms with Crippen LogP contribution in [0.15, 0.2) is 48.2 Å². The Balaban J connectivity index is 2.20. The van der Waals surface area contributed by atoms with E-state index in [1.54, 1.807) is 36.4 Å². The molecule has 5 heteroatoms. The summed E-state index contributed by atoms with van der Waals surface area (Å²) in [5, 5.41) is 26.0. The van der Waals surface area contributed by atoms with Crippen molar-refractivity contribution in [1.29, 1.82) is 5.26 Å². The molecule has 0 aliphatic heterocycles. The third kappa shape index (κ3) is 4.01. The third-order valence-electron chi connectivity index (χ3n) is 3.43. The zero-order valence-electron chi connectivity index (χ0n) is 13.0. The number of amides is 1. The summed E-state index contributed by atoms with van der Waals surface area (Å²) in [5.41, 5.74) is 0.566. The Labute approximate surface area is 135 Å². The minimum absolute atomic E-state index is 0.0123. The van der Waals surface area contributed by atoms with E-state index in [4.69, 9.17) is 5.26 Å². The van der Waals surface area contributed by atoms with Gasteiger partial charge in [-0.05, 0) is 18.6 Å². The van der Waals surface area contributed by atoms with Crippen molar-refractivity contribution in [3.05, 3.63) is 48.2 Å². The fraction of sp³-hybridized carbons (Fsp3) is 0.222. The summed E-state index contributed by atoms with van der Waals surface area (Å²) in [6, 6.07) is 12.2. The van der Waals surface area contributed by atoms with Gasteiger partial charge in [-0.3, -0.25) is 4.79 Å². The molecular formula is C18H19N3O2. The van der Waals surface area contributed by atoms with Gasteiger partial charge in [-0.2, -0.15) is 5.26 Å². The van der Waals surface area contributed by atoms with Crippen LogP contribution in [0.25, 0.3) is 10.8 Å². The van der Waals surface area contributed by atoms with Crippen molar-refractivity contribution in [2.75, 3.05) is 11.9 Å². The fourth-order valence-corrected chi connectivity index (χ4v) is 2.19. The van der Waals surface area contributed by atoms with Gasteiger partial charge >= 0.3 is 0 Å². The van der Waals surface area contributed by atoms with Gasteiger partial charge in [0.1, 0.15) is 17.4 Å². The molecule has 5 nitrogen and oxygen atoms in total. The molecule has 2 rings (SSSR count). The quantitative estimate of drug-likeness (QED) is 0.434. The maximum atomic E-state index is 12.2. The lowest BCUT2D eigenvalue weighted by atomic mass is 10.1. The number of aromatic hydroxyl groups is 1. The number of rotatable bonds is 6. The van der Waals surface area contributed by atoms with Crippen LogP contribution < -0.4 is 10.6 Å². The van der Waals surface area contributed by atoms with Crippen molar-refractivity contribution in [2.24, 2.45) is 0 Å². The Kier molecular flexibility index (Phi) is 5.59. The van der Waals surface area contributed by atoms with E-state index in [0.717, 1.165) is 24.8 Å². The largest absolute Gasteiger partial charge is 0.507 e. The molecule has 0 aromatic heterocycles. The first-order valence-electron chi connectivity index (χ1n) is 7.53. The number of benzene rings is 2. The van der Waals surface area contributed by atoms with Gasteiger partial charge in [0.15, 0.2) is 0 Å². The molecule has 23 heavy (non-hydrogen) atoms. The standard InChI is InChI=1S/C18H19N3O2/c1-2-3-10-20-12-13(11-19)18(23)21-16-8-4-7-15-14(16)6-5-9-17(15)22/h4-9,12,20,22H,2-3,10H2,1H3,(H,21,23)/b13-12-. The van der Waals surface area contributed by atoms with E-state index < -0.39 is 5.91 Å². The number of carbonyl (C=O) groups is 1. The fourth-order valence-electron chi connectivity index (χ4n) is 2.19. The predicted octanol–water partition coefficient (Wildman–Crippen LogP) is 3.28. The van der Waals surface area contributed by atoms with Gasteiger partial charge in [-0.1, -0.05) is 37.6 Å². The third-order valence-corrected chi connectivity index (χ3v) is 3.43. The monoisotopic (exact) mass is 309 g/mol. The van der Waals surface area contributed by atoms with Crippen molar-refractivity contribution in [2.45, 2.75) is 19.8 Å². The zero-order valence-corrected chi connectivity index (χ0v) is 13.0. The van der Waals surface area contributed by atoms with Gasteiger partial charge < -0.3 is 15.7 Å². The minimum atomic E-state index is -0.479. The Morgan fingerprint density at radius 1 is 1.26 bits per heavy atom. The van der Waals surface area contributed by atoms with E-state index in [9.17, 15) is 9.90 Å². The SMILES string of the molecule is CCCCN/C=C(/C#N)C(=O)Nc1cccc2c(O)cccc12. The molecule has 0 heterocycles. The highest BCUT2D eigenvalue weighted by molar-refractivity contribution is 6.11. The number of nitriles is 1. The number of hydrogen-bond acceptors (Lipinski definition) is 4. The number of nitrogens with one attached hydrogen (secondary N) is 2. The molecule has 0 aliphatic carbocycles. The molecule has 0 unspecified atom stereocenters. The van der Waals surface area contributed by atoms with Gasteiger partial charge in [0.2, 0.25) is 0 Å². The Morgan fingerprint density at radius 3 is 2.74 bits per heavy atom. The van der Waals surface area contributed by atoms with Crippen LogP contribution in [0.2, 0.25) is 0 Å². The molecule has 0 atom stereocenters. The van der Waals surface area contributed by atoms with Crippen molar-refractivity contribution in [3.8, 4) is 11.8 Å². The summed E-state index contributed by atoms with van der Waals surface area (Å²) in [7, 11) is 0. The Hall–Kier alpha value is -3.00. The maximum absolute atomic E-state index is 12.2. The van der Waals surface area contributed by atoms with E-state index in [1.165, 1.54) is 6.20 Å². The average molecular weight is 309 g/mol. The van der Waals surface area contributed by atoms with Crippen molar-refractivity contribution < 1.29 is 9.90 Å². The van der Waals surface area contributed by atoms with E-state index in [0.29, 0.717) is 11.1 Å². The van der Waals surface area contributed by atoms with Crippen LogP contribution in [-0.2, 0) is 4.79 Å². The lowest BCUT2D eigenvalue weighted by molar-refractivity contribution is -0.112. The highest BCUT2D eigenvalue weighted by Crippen LogP contribution is 2.29. The second-order valence-electron chi connectivity index (χ2n) is 5.11. The van der Waals surface area contributed by atoms with E-state index in [-0.39, 0.29) is 11.3 Å². The number of anilines is 1. The number of phenolic OH excluding ortho intramolecular Hbond substituents is 1. The van der Waals surface area contributed by atoms with Crippen molar-refractivity contribution >= 4 is 22.4 Å². The van der Waals surface area contributed by atoms with Gasteiger partial charge in [-0.15, -0.1) is 0 Å². The lowest BCUT2D eigenvalue weighted by Crippen LogP contribution is -2.17. The average Bonchev–Trinajstić information content (AvgIpc) is 2.56. The highest BCUT2D eigenvalue weighted by Gasteiger charge is 2.11. The first kappa shape index (κ1) is 16.4. The number of unbranched alkanes of at least 4 members (excludes halogenated alkanes) is 1. The van der Waals surface area contributed by atoms with Crippen LogP contribution in [0, 0.1) is 11.3 Å². The highest BCUT2D eigenvalue weighted by atomic mass is 16.3. The molecule has 0 saturated heterocycles. The van der Waals surface area contributed by atoms with Crippen LogP contribution in [0.3, 0.4) is 0 Å². The molecule has 118 valence electrons. The van der Waals surface area contributed by atoms with Crippen molar-refractivity contribution in [1.82, 2.24) is 5.32 Å². The molecular weight excluding hydrogens is 290 g/mol. The maximum Gasteiger partial charge on any atom is 0.267 e.